The minimum atomic E-state index is -2.29. The molecule has 0 aromatic heterocycles. The summed E-state index contributed by atoms with van der Waals surface area (Å²) in [6, 6.07) is 14.5. The molecule has 2 aromatic rings. The number of ether oxygens (including phenoxy) is 3. The number of rotatable bonds is 9. The van der Waals surface area contributed by atoms with Gasteiger partial charge in [-0.1, -0.05) is 88.9 Å². The van der Waals surface area contributed by atoms with Crippen LogP contribution in [0.25, 0.3) is 0 Å². The summed E-state index contributed by atoms with van der Waals surface area (Å²) in [6.07, 6.45) is 8.91. The van der Waals surface area contributed by atoms with Gasteiger partial charge < -0.3 is 18.6 Å². The maximum absolute atomic E-state index is 14.0. The van der Waals surface area contributed by atoms with Gasteiger partial charge in [-0.05, 0) is 60.7 Å². The Labute approximate surface area is 263 Å². The molecule has 0 spiro atoms. The van der Waals surface area contributed by atoms with E-state index < -0.39 is 38.4 Å². The summed E-state index contributed by atoms with van der Waals surface area (Å²) in [5.74, 6) is -1.04. The van der Waals surface area contributed by atoms with Gasteiger partial charge in [0.15, 0.2) is 0 Å². The lowest BCUT2D eigenvalue weighted by molar-refractivity contribution is -0.136. The summed E-state index contributed by atoms with van der Waals surface area (Å²) in [4.78, 5) is 39.2. The van der Waals surface area contributed by atoms with Crippen LogP contribution in [0.2, 0.25) is 18.1 Å². The predicted molar refractivity (Wildman–Crippen MR) is 175 cm³/mol. The zero-order valence-corrected chi connectivity index (χ0v) is 27.8. The van der Waals surface area contributed by atoms with Crippen LogP contribution >= 0.6 is 0 Å². The minimum Gasteiger partial charge on any atom is -0.543 e. The fraction of sp³-hybridized carbons (Fsp3) is 0.417. The molecule has 3 atom stereocenters. The van der Waals surface area contributed by atoms with E-state index in [2.05, 4.69) is 46.5 Å². The second kappa shape index (κ2) is 15.7. The summed E-state index contributed by atoms with van der Waals surface area (Å²) in [6.45, 7) is 16.4. The Bertz CT molecular complexity index is 1350. The van der Waals surface area contributed by atoms with Crippen molar-refractivity contribution in [2.45, 2.75) is 83.7 Å². The van der Waals surface area contributed by atoms with E-state index in [1.54, 1.807) is 30.3 Å². The van der Waals surface area contributed by atoms with Gasteiger partial charge in [0.25, 0.3) is 8.32 Å². The molecule has 0 fully saturated rings. The Morgan fingerprint density at radius 1 is 1.07 bits per heavy atom. The van der Waals surface area contributed by atoms with Gasteiger partial charge in [-0.15, -0.1) is 0 Å². The van der Waals surface area contributed by atoms with Crippen LogP contribution in [-0.4, -0.2) is 45.0 Å². The Hall–Kier alpha value is -3.91. The molecule has 0 aliphatic carbocycles. The zero-order valence-electron chi connectivity index (χ0n) is 26.8. The average Bonchev–Trinajstić information content (AvgIpc) is 2.96. The lowest BCUT2D eigenvalue weighted by Gasteiger charge is -2.37. The molecular formula is C36H46O7Si. The number of esters is 3. The SMILES string of the molecule is C=CCOC(=O)/C=C/CC1C[C@@H](OC(=O)c2ccccc2)[C@@H](C)C/C=C/Cc2cccc(O[Si](C)(C)C(C)(C)C)c2C(=O)O1. The summed E-state index contributed by atoms with van der Waals surface area (Å²) in [5.41, 5.74) is 1.65. The van der Waals surface area contributed by atoms with E-state index in [1.807, 2.05) is 37.3 Å². The van der Waals surface area contributed by atoms with Gasteiger partial charge in [-0.25, -0.2) is 14.4 Å². The molecule has 0 bridgehead atoms. The van der Waals surface area contributed by atoms with Gasteiger partial charge in [-0.3, -0.25) is 0 Å². The molecule has 0 radical (unpaired) electrons. The highest BCUT2D eigenvalue weighted by molar-refractivity contribution is 6.74. The van der Waals surface area contributed by atoms with Crippen LogP contribution in [0.1, 0.15) is 73.2 Å². The third kappa shape index (κ3) is 9.81. The average molecular weight is 619 g/mol. The van der Waals surface area contributed by atoms with Crippen molar-refractivity contribution >= 4 is 26.2 Å². The van der Waals surface area contributed by atoms with Crippen molar-refractivity contribution in [2.75, 3.05) is 6.61 Å². The molecule has 1 heterocycles. The highest BCUT2D eigenvalue weighted by atomic mass is 28.4. The lowest BCUT2D eigenvalue weighted by atomic mass is 9.93. The van der Waals surface area contributed by atoms with Gasteiger partial charge in [0, 0.05) is 18.9 Å². The Kier molecular flexibility index (Phi) is 12.3. The molecule has 8 heteroatoms. The number of cyclic esters (lactones) is 1. The second-order valence-electron chi connectivity index (χ2n) is 12.7. The molecule has 1 unspecified atom stereocenters. The van der Waals surface area contributed by atoms with Gasteiger partial charge in [0.1, 0.15) is 30.1 Å². The van der Waals surface area contributed by atoms with E-state index in [0.717, 1.165) is 5.56 Å². The van der Waals surface area contributed by atoms with E-state index >= 15 is 0 Å². The van der Waals surface area contributed by atoms with Crippen molar-refractivity contribution < 1.29 is 33.0 Å². The fourth-order valence-electron chi connectivity index (χ4n) is 4.51. The Morgan fingerprint density at radius 2 is 1.80 bits per heavy atom. The van der Waals surface area contributed by atoms with Gasteiger partial charge in [0.05, 0.1) is 5.56 Å². The standard InChI is InChI=1S/C36H46O7Si/c1-8-24-40-32(37)23-15-21-29-25-31(42-34(38)28-18-10-9-11-19-28)26(2)16-12-13-17-27-20-14-22-30(33(27)35(39)41-29)43-44(6,7)36(3,4)5/h8-15,18-20,22-23,26,29,31H,1,16-17,21,24-25H2,2-7H3/b13-12+,23-15+/t26-,29?,31+/m0/s1. The molecule has 236 valence electrons. The molecule has 3 rings (SSSR count). The van der Waals surface area contributed by atoms with Crippen LogP contribution in [0.15, 0.2) is 85.5 Å². The summed E-state index contributed by atoms with van der Waals surface area (Å²) in [7, 11) is -2.29. The first kappa shape index (κ1) is 34.6. The van der Waals surface area contributed by atoms with Crippen molar-refractivity contribution in [3.8, 4) is 5.75 Å². The third-order valence-electron chi connectivity index (χ3n) is 8.17. The first-order valence-corrected chi connectivity index (χ1v) is 18.1. The molecule has 7 nitrogen and oxygen atoms in total. The van der Waals surface area contributed by atoms with Crippen LogP contribution in [0.4, 0.5) is 0 Å². The predicted octanol–water partition coefficient (Wildman–Crippen LogP) is 8.03. The molecule has 1 aliphatic rings. The quantitative estimate of drug-likeness (QED) is 0.0924. The summed E-state index contributed by atoms with van der Waals surface area (Å²) >= 11 is 0. The molecule has 44 heavy (non-hydrogen) atoms. The molecule has 0 amide bonds. The van der Waals surface area contributed by atoms with Crippen molar-refractivity contribution in [1.29, 1.82) is 0 Å². The van der Waals surface area contributed by atoms with E-state index in [0.29, 0.717) is 29.7 Å². The smallest absolute Gasteiger partial charge is 0.342 e. The van der Waals surface area contributed by atoms with Crippen molar-refractivity contribution in [2.24, 2.45) is 5.92 Å². The van der Waals surface area contributed by atoms with Gasteiger partial charge in [-0.2, -0.15) is 0 Å². The zero-order chi connectivity index (χ0) is 32.3. The number of allylic oxidation sites excluding steroid dienone is 2. The number of carbonyl (C=O) groups excluding carboxylic acids is 3. The third-order valence-corrected chi connectivity index (χ3v) is 12.5. The van der Waals surface area contributed by atoms with Crippen LogP contribution in [0.3, 0.4) is 0 Å². The Morgan fingerprint density at radius 3 is 2.48 bits per heavy atom. The van der Waals surface area contributed by atoms with Crippen molar-refractivity contribution in [3.05, 3.63) is 102 Å². The molecule has 0 N–H and O–H groups in total. The van der Waals surface area contributed by atoms with Crippen molar-refractivity contribution in [1.82, 2.24) is 0 Å². The number of fused-ring (bicyclic) bond motifs is 1. The molecule has 2 aromatic carbocycles. The molecule has 0 saturated carbocycles. The second-order valence-corrected chi connectivity index (χ2v) is 17.4. The van der Waals surface area contributed by atoms with Crippen LogP contribution < -0.4 is 4.43 Å². The lowest BCUT2D eigenvalue weighted by Crippen LogP contribution is -2.44. The van der Waals surface area contributed by atoms with Crippen LogP contribution in [-0.2, 0) is 25.4 Å². The van der Waals surface area contributed by atoms with Gasteiger partial charge in [0.2, 0.25) is 0 Å². The van der Waals surface area contributed by atoms with Crippen LogP contribution in [0, 0.1) is 5.92 Å². The number of hydrogen-bond donors (Lipinski definition) is 0. The number of benzene rings is 2. The van der Waals surface area contributed by atoms with E-state index in [-0.39, 0.29) is 30.4 Å². The highest BCUT2D eigenvalue weighted by Crippen LogP contribution is 2.39. The van der Waals surface area contributed by atoms with E-state index in [1.165, 1.54) is 12.2 Å². The van der Waals surface area contributed by atoms with E-state index in [9.17, 15) is 14.4 Å². The largest absolute Gasteiger partial charge is 0.543 e. The van der Waals surface area contributed by atoms with Gasteiger partial charge >= 0.3 is 17.9 Å². The first-order chi connectivity index (χ1) is 20.8. The fourth-order valence-corrected chi connectivity index (χ4v) is 5.53. The topological polar surface area (TPSA) is 88.1 Å². The normalized spacial score (nSPS) is 20.3. The minimum absolute atomic E-state index is 0.0613. The Balaban J connectivity index is 1.99. The summed E-state index contributed by atoms with van der Waals surface area (Å²) in [5, 5.41) is -0.0789. The maximum Gasteiger partial charge on any atom is 0.342 e. The molecule has 0 saturated heterocycles. The highest BCUT2D eigenvalue weighted by Gasteiger charge is 2.40. The monoisotopic (exact) mass is 618 g/mol. The van der Waals surface area contributed by atoms with Crippen LogP contribution in [0.5, 0.6) is 5.75 Å². The first-order valence-electron chi connectivity index (χ1n) is 15.2. The number of carbonyl (C=O) groups is 3. The van der Waals surface area contributed by atoms with Crippen molar-refractivity contribution in [3.63, 3.8) is 0 Å². The van der Waals surface area contributed by atoms with E-state index in [4.69, 9.17) is 18.6 Å². The summed E-state index contributed by atoms with van der Waals surface area (Å²) < 4.78 is 23.9. The number of hydrogen-bond acceptors (Lipinski definition) is 7. The molecule has 1 aliphatic heterocycles. The maximum atomic E-state index is 14.0. The molecular weight excluding hydrogens is 572 g/mol.